The minimum Gasteiger partial charge on any atom is -0.454 e. The van der Waals surface area contributed by atoms with Crippen LogP contribution in [-0.2, 0) is 27.9 Å². The van der Waals surface area contributed by atoms with Crippen LogP contribution in [0.3, 0.4) is 0 Å². The molecule has 2 aliphatic rings. The SMILES string of the molecule is CS(=O)(=O)N(CCCC(=O)NCc1ccccc1CN1CCCCC1)c1ccc2c(c1)OCO2. The lowest BCUT2D eigenvalue weighted by atomic mass is 10.0. The summed E-state index contributed by atoms with van der Waals surface area (Å²) < 4.78 is 36.7. The Morgan fingerprint density at radius 1 is 1.03 bits per heavy atom. The van der Waals surface area contributed by atoms with Gasteiger partial charge in [0.05, 0.1) is 11.9 Å². The second-order valence-electron chi connectivity index (χ2n) is 8.86. The third kappa shape index (κ3) is 6.42. The quantitative estimate of drug-likeness (QED) is 0.554. The summed E-state index contributed by atoms with van der Waals surface area (Å²) >= 11 is 0. The molecule has 34 heavy (non-hydrogen) atoms. The van der Waals surface area contributed by atoms with E-state index in [2.05, 4.69) is 22.3 Å². The van der Waals surface area contributed by atoms with Crippen LogP contribution in [0.2, 0.25) is 0 Å². The van der Waals surface area contributed by atoms with Gasteiger partial charge in [-0.1, -0.05) is 30.7 Å². The van der Waals surface area contributed by atoms with Crippen molar-refractivity contribution in [1.29, 1.82) is 0 Å². The van der Waals surface area contributed by atoms with E-state index in [0.29, 0.717) is 30.2 Å². The van der Waals surface area contributed by atoms with Gasteiger partial charge in [-0.2, -0.15) is 0 Å². The summed E-state index contributed by atoms with van der Waals surface area (Å²) in [7, 11) is -3.51. The molecule has 0 aliphatic carbocycles. The molecular formula is C25H33N3O5S. The van der Waals surface area contributed by atoms with E-state index in [1.807, 2.05) is 12.1 Å². The fraction of sp³-hybridized carbons (Fsp3) is 0.480. The average molecular weight is 488 g/mol. The molecule has 2 aliphatic heterocycles. The summed E-state index contributed by atoms with van der Waals surface area (Å²) in [5.74, 6) is 1.02. The number of amides is 1. The van der Waals surface area contributed by atoms with Gasteiger partial charge < -0.3 is 14.8 Å². The Hall–Kier alpha value is -2.78. The van der Waals surface area contributed by atoms with Gasteiger partial charge in [-0.05, 0) is 55.6 Å². The smallest absolute Gasteiger partial charge is 0.232 e. The van der Waals surface area contributed by atoms with Crippen molar-refractivity contribution in [2.24, 2.45) is 0 Å². The predicted molar refractivity (Wildman–Crippen MR) is 131 cm³/mol. The van der Waals surface area contributed by atoms with E-state index in [1.54, 1.807) is 18.2 Å². The molecule has 1 N–H and O–H groups in total. The van der Waals surface area contributed by atoms with Gasteiger partial charge in [-0.15, -0.1) is 0 Å². The number of carbonyl (C=O) groups is 1. The number of hydrogen-bond acceptors (Lipinski definition) is 6. The number of piperidine rings is 1. The van der Waals surface area contributed by atoms with Crippen molar-refractivity contribution < 1.29 is 22.7 Å². The first-order valence-corrected chi connectivity index (χ1v) is 13.7. The number of nitrogens with one attached hydrogen (secondary N) is 1. The molecule has 0 radical (unpaired) electrons. The number of sulfonamides is 1. The highest BCUT2D eigenvalue weighted by atomic mass is 32.2. The van der Waals surface area contributed by atoms with Crippen LogP contribution in [0, 0.1) is 0 Å². The van der Waals surface area contributed by atoms with E-state index in [9.17, 15) is 13.2 Å². The molecule has 4 rings (SSSR count). The van der Waals surface area contributed by atoms with Crippen LogP contribution in [0.25, 0.3) is 0 Å². The Morgan fingerprint density at radius 3 is 2.53 bits per heavy atom. The Balaban J connectivity index is 1.29. The molecule has 2 aromatic carbocycles. The summed E-state index contributed by atoms with van der Waals surface area (Å²) in [5, 5.41) is 3.00. The first-order chi connectivity index (χ1) is 16.4. The van der Waals surface area contributed by atoms with E-state index in [-0.39, 0.29) is 25.7 Å². The van der Waals surface area contributed by atoms with Crippen molar-refractivity contribution in [2.45, 2.75) is 45.2 Å². The predicted octanol–water partition coefficient (Wildman–Crippen LogP) is 3.26. The van der Waals surface area contributed by atoms with E-state index < -0.39 is 10.0 Å². The number of anilines is 1. The molecule has 8 nitrogen and oxygen atoms in total. The average Bonchev–Trinajstić information content (AvgIpc) is 3.29. The monoisotopic (exact) mass is 487 g/mol. The van der Waals surface area contributed by atoms with Crippen molar-refractivity contribution in [2.75, 3.05) is 37.0 Å². The number of ether oxygens (including phenoxy) is 2. The number of nitrogens with zero attached hydrogens (tertiary/aromatic N) is 2. The van der Waals surface area contributed by atoms with Crippen LogP contribution < -0.4 is 19.1 Å². The van der Waals surface area contributed by atoms with Gasteiger partial charge in [0.15, 0.2) is 11.5 Å². The Labute approximate surface area is 201 Å². The zero-order valence-corrected chi connectivity index (χ0v) is 20.5. The van der Waals surface area contributed by atoms with Crippen molar-refractivity contribution in [1.82, 2.24) is 10.2 Å². The first-order valence-electron chi connectivity index (χ1n) is 11.8. The summed E-state index contributed by atoms with van der Waals surface area (Å²) in [6.07, 6.45) is 5.61. The van der Waals surface area contributed by atoms with E-state index in [0.717, 1.165) is 31.5 Å². The molecule has 9 heteroatoms. The number of hydrogen-bond donors (Lipinski definition) is 1. The molecule has 1 fully saturated rings. The molecular weight excluding hydrogens is 454 g/mol. The summed E-state index contributed by atoms with van der Waals surface area (Å²) in [4.78, 5) is 15.0. The first kappa shape index (κ1) is 24.3. The van der Waals surface area contributed by atoms with Crippen LogP contribution in [0.15, 0.2) is 42.5 Å². The minimum atomic E-state index is -3.51. The summed E-state index contributed by atoms with van der Waals surface area (Å²) in [6, 6.07) is 13.3. The van der Waals surface area contributed by atoms with Crippen molar-refractivity contribution in [3.63, 3.8) is 0 Å². The lowest BCUT2D eigenvalue weighted by Crippen LogP contribution is -2.32. The topological polar surface area (TPSA) is 88.2 Å². The van der Waals surface area contributed by atoms with Gasteiger partial charge >= 0.3 is 0 Å². The third-order valence-electron chi connectivity index (χ3n) is 6.25. The fourth-order valence-corrected chi connectivity index (χ4v) is 5.39. The maximum atomic E-state index is 12.5. The number of rotatable bonds is 10. The van der Waals surface area contributed by atoms with E-state index >= 15 is 0 Å². The molecule has 1 saturated heterocycles. The van der Waals surface area contributed by atoms with Crippen molar-refractivity contribution in [3.8, 4) is 11.5 Å². The molecule has 0 saturated carbocycles. The van der Waals surface area contributed by atoms with Crippen molar-refractivity contribution >= 4 is 21.6 Å². The van der Waals surface area contributed by atoms with Crippen LogP contribution in [0.5, 0.6) is 11.5 Å². The largest absolute Gasteiger partial charge is 0.454 e. The lowest BCUT2D eigenvalue weighted by molar-refractivity contribution is -0.121. The van der Waals surface area contributed by atoms with Gasteiger partial charge in [0.25, 0.3) is 0 Å². The lowest BCUT2D eigenvalue weighted by Gasteiger charge is -2.27. The molecule has 0 unspecified atom stereocenters. The van der Waals surface area contributed by atoms with Gasteiger partial charge in [0, 0.05) is 32.1 Å². The highest BCUT2D eigenvalue weighted by Gasteiger charge is 2.21. The molecule has 0 spiro atoms. The zero-order valence-electron chi connectivity index (χ0n) is 19.7. The Kier molecular flexibility index (Phi) is 7.95. The van der Waals surface area contributed by atoms with Gasteiger partial charge in [-0.3, -0.25) is 14.0 Å². The maximum Gasteiger partial charge on any atom is 0.232 e. The summed E-state index contributed by atoms with van der Waals surface area (Å²) in [5.41, 5.74) is 2.87. The number of likely N-dealkylation sites (tertiary alicyclic amines) is 1. The van der Waals surface area contributed by atoms with Gasteiger partial charge in [0.2, 0.25) is 22.7 Å². The molecule has 2 aromatic rings. The second-order valence-corrected chi connectivity index (χ2v) is 10.8. The highest BCUT2D eigenvalue weighted by molar-refractivity contribution is 7.92. The Bertz CT molecular complexity index is 1100. The van der Waals surface area contributed by atoms with Gasteiger partial charge in [-0.25, -0.2) is 8.42 Å². The van der Waals surface area contributed by atoms with Crippen LogP contribution >= 0.6 is 0 Å². The molecule has 184 valence electrons. The standard InChI is InChI=1S/C25H33N3O5S/c1-34(30,31)28(22-11-12-23-24(16-22)33-19-32-23)15-7-10-25(29)26-17-20-8-3-4-9-21(20)18-27-13-5-2-6-14-27/h3-4,8-9,11-12,16H,2,5-7,10,13-15,17-19H2,1H3,(H,26,29). The normalized spacial score (nSPS) is 15.8. The van der Waals surface area contributed by atoms with E-state index in [1.165, 1.54) is 29.1 Å². The molecule has 1 amide bonds. The number of fused-ring (bicyclic) bond motifs is 1. The third-order valence-corrected chi connectivity index (χ3v) is 7.44. The fourth-order valence-electron chi connectivity index (χ4n) is 4.43. The highest BCUT2D eigenvalue weighted by Crippen LogP contribution is 2.36. The molecule has 0 bridgehead atoms. The Morgan fingerprint density at radius 2 is 1.76 bits per heavy atom. The molecule has 2 heterocycles. The molecule has 0 aromatic heterocycles. The van der Waals surface area contributed by atoms with Gasteiger partial charge in [0.1, 0.15) is 0 Å². The number of carbonyl (C=O) groups excluding carboxylic acids is 1. The molecule has 0 atom stereocenters. The second kappa shape index (κ2) is 11.1. The van der Waals surface area contributed by atoms with E-state index in [4.69, 9.17) is 9.47 Å². The minimum absolute atomic E-state index is 0.0908. The zero-order chi connectivity index (χ0) is 24.0. The van der Waals surface area contributed by atoms with Crippen LogP contribution in [-0.4, -0.2) is 51.9 Å². The van der Waals surface area contributed by atoms with Crippen LogP contribution in [0.4, 0.5) is 5.69 Å². The number of benzene rings is 2. The maximum absolute atomic E-state index is 12.5. The summed E-state index contributed by atoms with van der Waals surface area (Å²) in [6.45, 7) is 3.96. The van der Waals surface area contributed by atoms with Crippen molar-refractivity contribution in [3.05, 3.63) is 53.6 Å². The van der Waals surface area contributed by atoms with Crippen LogP contribution in [0.1, 0.15) is 43.2 Å².